The molecule has 0 rings (SSSR count). The molecule has 1 unspecified atom stereocenters. The van der Waals surface area contributed by atoms with Crippen molar-refractivity contribution in [1.82, 2.24) is 0 Å². The van der Waals surface area contributed by atoms with E-state index in [1.54, 1.807) is 0 Å². The van der Waals surface area contributed by atoms with Crippen LogP contribution in [0, 0.1) is 0 Å². The van der Waals surface area contributed by atoms with Crippen LogP contribution in [-0.4, -0.2) is 14.2 Å². The van der Waals surface area contributed by atoms with Gasteiger partial charge in [0.1, 0.15) is 0 Å². The van der Waals surface area contributed by atoms with Crippen LogP contribution in [0.2, 0.25) is 13.1 Å². The lowest BCUT2D eigenvalue weighted by atomic mass is 10.2. The second kappa shape index (κ2) is 4.97. The molecule has 0 N–H and O–H groups in total. The summed E-state index contributed by atoms with van der Waals surface area (Å²) in [5, 5.41) is 1.56. The number of allylic oxidation sites excluding steroid dienone is 1. The van der Waals surface area contributed by atoms with E-state index in [1.807, 2.05) is 0 Å². The topological polar surface area (TPSA) is 0 Å². The average Bonchev–Trinajstić information content (AvgIpc) is 1.87. The molecule has 0 aliphatic carbocycles. The molecule has 10 heavy (non-hydrogen) atoms. The van der Waals surface area contributed by atoms with Gasteiger partial charge in [-0.25, -0.2) is 0 Å². The van der Waals surface area contributed by atoms with Crippen LogP contribution in [-0.2, 0) is 0 Å². The highest BCUT2D eigenvalue weighted by atomic mass is 35.5. The van der Waals surface area contributed by atoms with Gasteiger partial charge in [-0.3, -0.25) is 0 Å². The van der Waals surface area contributed by atoms with Crippen molar-refractivity contribution in [3.05, 3.63) is 11.8 Å². The first-order valence-corrected chi connectivity index (χ1v) is 7.24. The normalized spacial score (nSPS) is 13.7. The van der Waals surface area contributed by atoms with Crippen LogP contribution in [0.15, 0.2) is 11.8 Å². The number of halogens is 1. The van der Waals surface area contributed by atoms with E-state index < -0.39 is 8.80 Å². The molecule has 0 aliphatic rings. The van der Waals surface area contributed by atoms with Gasteiger partial charge >= 0.3 is 0 Å². The average molecular weight is 177 g/mol. The van der Waals surface area contributed by atoms with Crippen LogP contribution in [0.25, 0.3) is 0 Å². The SMILES string of the molecule is C=C(C(Cl)CCC)[SiH](C)C. The molecule has 0 bridgehead atoms. The molecule has 0 saturated heterocycles. The third-order valence-electron chi connectivity index (χ3n) is 1.69. The number of hydrogen-bond donors (Lipinski definition) is 0. The molecule has 0 saturated carbocycles. The maximum atomic E-state index is 6.06. The summed E-state index contributed by atoms with van der Waals surface area (Å²) in [6.07, 6.45) is 2.25. The minimum Gasteiger partial charge on any atom is -0.119 e. The monoisotopic (exact) mass is 176 g/mol. The fourth-order valence-electron chi connectivity index (χ4n) is 0.801. The quantitative estimate of drug-likeness (QED) is 0.457. The first kappa shape index (κ1) is 10.2. The Bertz CT molecular complexity index is 110. The fourth-order valence-corrected chi connectivity index (χ4v) is 2.66. The van der Waals surface area contributed by atoms with Gasteiger partial charge in [-0.1, -0.05) is 31.6 Å². The van der Waals surface area contributed by atoms with Crippen molar-refractivity contribution in [2.24, 2.45) is 0 Å². The van der Waals surface area contributed by atoms with Crippen molar-refractivity contribution in [3.8, 4) is 0 Å². The lowest BCUT2D eigenvalue weighted by Gasteiger charge is -2.13. The Labute approximate surface area is 70.9 Å². The third kappa shape index (κ3) is 3.42. The van der Waals surface area contributed by atoms with Crippen LogP contribution in [0.4, 0.5) is 0 Å². The molecular formula is C8H17ClSi. The summed E-state index contributed by atoms with van der Waals surface area (Å²) in [7, 11) is -0.681. The second-order valence-electron chi connectivity index (χ2n) is 2.99. The van der Waals surface area contributed by atoms with Crippen LogP contribution < -0.4 is 0 Å². The fraction of sp³-hybridized carbons (Fsp3) is 0.750. The Hall–Kier alpha value is 0.247. The van der Waals surface area contributed by atoms with Gasteiger partial charge in [-0.15, -0.1) is 18.2 Å². The smallest absolute Gasteiger partial charge is 0.0607 e. The van der Waals surface area contributed by atoms with Crippen molar-refractivity contribution < 1.29 is 0 Å². The van der Waals surface area contributed by atoms with E-state index >= 15 is 0 Å². The van der Waals surface area contributed by atoms with Gasteiger partial charge in [-0.2, -0.15) is 0 Å². The predicted molar refractivity (Wildman–Crippen MR) is 52.6 cm³/mol. The van der Waals surface area contributed by atoms with Crippen molar-refractivity contribution in [1.29, 1.82) is 0 Å². The maximum Gasteiger partial charge on any atom is 0.0607 e. The van der Waals surface area contributed by atoms with E-state index in [1.165, 1.54) is 5.20 Å². The molecule has 0 radical (unpaired) electrons. The summed E-state index contributed by atoms with van der Waals surface area (Å²) in [6, 6.07) is 0. The Morgan fingerprint density at radius 3 is 2.40 bits per heavy atom. The first-order chi connectivity index (χ1) is 4.59. The molecule has 1 atom stereocenters. The molecular weight excluding hydrogens is 160 g/mol. The molecule has 2 heteroatoms. The summed E-state index contributed by atoms with van der Waals surface area (Å²) in [5.74, 6) is 0. The van der Waals surface area contributed by atoms with Gasteiger partial charge in [0.05, 0.1) is 14.2 Å². The summed E-state index contributed by atoms with van der Waals surface area (Å²) < 4.78 is 0. The zero-order valence-corrected chi connectivity index (χ0v) is 9.06. The zero-order valence-electron chi connectivity index (χ0n) is 7.15. The molecule has 0 aliphatic heterocycles. The van der Waals surface area contributed by atoms with Crippen LogP contribution in [0.1, 0.15) is 19.8 Å². The van der Waals surface area contributed by atoms with Crippen LogP contribution in [0.5, 0.6) is 0 Å². The van der Waals surface area contributed by atoms with E-state index in [9.17, 15) is 0 Å². The van der Waals surface area contributed by atoms with E-state index in [0.29, 0.717) is 0 Å². The van der Waals surface area contributed by atoms with E-state index in [2.05, 4.69) is 26.6 Å². The zero-order chi connectivity index (χ0) is 8.15. The minimum atomic E-state index is -0.681. The highest BCUT2D eigenvalue weighted by molar-refractivity contribution is 6.65. The molecule has 0 aromatic rings. The van der Waals surface area contributed by atoms with Gasteiger partial charge in [0.2, 0.25) is 0 Å². The molecule has 0 nitrogen and oxygen atoms in total. The highest BCUT2D eigenvalue weighted by Gasteiger charge is 2.10. The lowest BCUT2D eigenvalue weighted by molar-refractivity contribution is 0.813. The van der Waals surface area contributed by atoms with Gasteiger partial charge in [0.25, 0.3) is 0 Å². The van der Waals surface area contributed by atoms with Crippen LogP contribution in [0.3, 0.4) is 0 Å². The molecule has 60 valence electrons. The Balaban J connectivity index is 3.71. The number of hydrogen-bond acceptors (Lipinski definition) is 0. The molecule has 0 fully saturated rings. The van der Waals surface area contributed by atoms with Gasteiger partial charge < -0.3 is 0 Å². The van der Waals surface area contributed by atoms with E-state index in [4.69, 9.17) is 11.6 Å². The van der Waals surface area contributed by atoms with Crippen molar-refractivity contribution in [2.75, 3.05) is 0 Å². The van der Waals surface area contributed by atoms with Crippen molar-refractivity contribution in [2.45, 2.75) is 38.2 Å². The van der Waals surface area contributed by atoms with Crippen LogP contribution >= 0.6 is 11.6 Å². The summed E-state index contributed by atoms with van der Waals surface area (Å²) >= 11 is 6.06. The van der Waals surface area contributed by atoms with Gasteiger partial charge in [0, 0.05) is 0 Å². The van der Waals surface area contributed by atoms with Gasteiger partial charge in [-0.05, 0) is 6.42 Å². The number of alkyl halides is 1. The minimum absolute atomic E-state index is 0.247. The molecule has 0 spiro atoms. The largest absolute Gasteiger partial charge is 0.119 e. The number of rotatable bonds is 4. The standard InChI is InChI=1S/C8H17ClSi/c1-5-6-8(9)7(2)10(3)4/h8,10H,2,5-6H2,1,3-4H3. The third-order valence-corrected chi connectivity index (χ3v) is 4.28. The lowest BCUT2D eigenvalue weighted by Crippen LogP contribution is -2.14. The second-order valence-corrected chi connectivity index (χ2v) is 6.56. The van der Waals surface area contributed by atoms with E-state index in [-0.39, 0.29) is 5.38 Å². The van der Waals surface area contributed by atoms with Crippen molar-refractivity contribution >= 4 is 20.4 Å². The maximum absolute atomic E-state index is 6.06. The molecule has 0 aromatic heterocycles. The summed E-state index contributed by atoms with van der Waals surface area (Å²) in [4.78, 5) is 0. The Kier molecular flexibility index (Phi) is 5.09. The Morgan fingerprint density at radius 2 is 2.10 bits per heavy atom. The molecule has 0 heterocycles. The summed E-state index contributed by atoms with van der Waals surface area (Å²) in [5.41, 5.74) is 0. The molecule has 0 aromatic carbocycles. The van der Waals surface area contributed by atoms with Gasteiger partial charge in [0.15, 0.2) is 0 Å². The summed E-state index contributed by atoms with van der Waals surface area (Å²) in [6.45, 7) is 10.7. The Morgan fingerprint density at radius 1 is 1.60 bits per heavy atom. The molecule has 0 amide bonds. The predicted octanol–water partition coefficient (Wildman–Crippen LogP) is 2.98. The highest BCUT2D eigenvalue weighted by Crippen LogP contribution is 2.16. The first-order valence-electron chi connectivity index (χ1n) is 3.92. The van der Waals surface area contributed by atoms with E-state index in [0.717, 1.165) is 12.8 Å². The van der Waals surface area contributed by atoms with Crippen molar-refractivity contribution in [3.63, 3.8) is 0 Å².